The molecule has 1 saturated carbocycles. The van der Waals surface area contributed by atoms with Gasteiger partial charge in [-0.05, 0) is 56.1 Å². The van der Waals surface area contributed by atoms with Crippen molar-refractivity contribution < 1.29 is 13.2 Å². The van der Waals surface area contributed by atoms with Crippen LogP contribution in [0.4, 0.5) is 5.82 Å². The number of hydrogen-bond acceptors (Lipinski definition) is 5. The van der Waals surface area contributed by atoms with Gasteiger partial charge in [0.2, 0.25) is 15.9 Å². The Morgan fingerprint density at radius 1 is 1.28 bits per heavy atom. The van der Waals surface area contributed by atoms with Crippen molar-refractivity contribution in [2.24, 2.45) is 17.6 Å². The molecule has 1 aromatic rings. The molecule has 1 amide bonds. The van der Waals surface area contributed by atoms with Crippen LogP contribution in [0.1, 0.15) is 38.5 Å². The van der Waals surface area contributed by atoms with E-state index in [0.29, 0.717) is 24.8 Å². The maximum absolute atomic E-state index is 12.2. The van der Waals surface area contributed by atoms with E-state index in [0.717, 1.165) is 51.0 Å². The lowest BCUT2D eigenvalue weighted by atomic mass is 9.93. The van der Waals surface area contributed by atoms with Gasteiger partial charge in [0.1, 0.15) is 10.7 Å². The van der Waals surface area contributed by atoms with Crippen molar-refractivity contribution in [2.75, 3.05) is 24.5 Å². The number of nitrogens with two attached hydrogens (primary N) is 1. The first kappa shape index (κ1) is 18.1. The molecule has 1 aromatic heterocycles. The molecule has 7 nitrogen and oxygen atoms in total. The molecule has 138 valence electrons. The van der Waals surface area contributed by atoms with Crippen molar-refractivity contribution in [1.29, 1.82) is 0 Å². The van der Waals surface area contributed by atoms with Crippen LogP contribution in [-0.2, 0) is 14.8 Å². The number of anilines is 1. The summed E-state index contributed by atoms with van der Waals surface area (Å²) in [7, 11) is -3.47. The Morgan fingerprint density at radius 3 is 2.72 bits per heavy atom. The number of piperidine rings is 1. The van der Waals surface area contributed by atoms with Gasteiger partial charge in [-0.1, -0.05) is 0 Å². The van der Waals surface area contributed by atoms with Gasteiger partial charge in [0.25, 0.3) is 0 Å². The standard InChI is InChI=1S/C17H26N4O3S/c18-16(22)7-5-14-2-1-9-21(12-14)17-8-6-15(11-19-17)25(23,24)20-10-13-3-4-13/h6,8,11,13-14,20H,1-5,7,9-10,12H2,(H2,18,22). The van der Waals surface area contributed by atoms with E-state index in [1.54, 1.807) is 12.1 Å². The van der Waals surface area contributed by atoms with Gasteiger partial charge in [0, 0.05) is 32.3 Å². The lowest BCUT2D eigenvalue weighted by Crippen LogP contribution is -2.36. The molecule has 25 heavy (non-hydrogen) atoms. The average Bonchev–Trinajstić information content (AvgIpc) is 3.43. The molecule has 3 N–H and O–H groups in total. The second kappa shape index (κ2) is 7.70. The number of primary amides is 1. The van der Waals surface area contributed by atoms with Gasteiger partial charge < -0.3 is 10.6 Å². The summed E-state index contributed by atoms with van der Waals surface area (Å²) < 4.78 is 27.1. The highest BCUT2D eigenvalue weighted by Gasteiger charge is 2.25. The average molecular weight is 366 g/mol. The number of nitrogens with zero attached hydrogens (tertiary/aromatic N) is 2. The molecule has 2 fully saturated rings. The summed E-state index contributed by atoms with van der Waals surface area (Å²) in [6.45, 7) is 2.23. The highest BCUT2D eigenvalue weighted by molar-refractivity contribution is 7.89. The maximum atomic E-state index is 12.2. The molecule has 0 aromatic carbocycles. The number of pyridine rings is 1. The smallest absolute Gasteiger partial charge is 0.242 e. The molecule has 0 spiro atoms. The summed E-state index contributed by atoms with van der Waals surface area (Å²) in [6, 6.07) is 3.38. The largest absolute Gasteiger partial charge is 0.370 e. The van der Waals surface area contributed by atoms with E-state index >= 15 is 0 Å². The summed E-state index contributed by atoms with van der Waals surface area (Å²) in [5.74, 6) is 1.44. The van der Waals surface area contributed by atoms with Crippen LogP contribution in [0.3, 0.4) is 0 Å². The zero-order valence-corrected chi connectivity index (χ0v) is 15.2. The molecule has 1 aliphatic carbocycles. The Hall–Kier alpha value is -1.67. The number of rotatable bonds is 8. The molecule has 1 unspecified atom stereocenters. The number of carbonyl (C=O) groups excluding carboxylic acids is 1. The fourth-order valence-corrected chi connectivity index (χ4v) is 4.27. The van der Waals surface area contributed by atoms with Gasteiger partial charge in [-0.25, -0.2) is 18.1 Å². The van der Waals surface area contributed by atoms with E-state index in [1.165, 1.54) is 6.20 Å². The van der Waals surface area contributed by atoms with Gasteiger partial charge in [-0.15, -0.1) is 0 Å². The summed E-state index contributed by atoms with van der Waals surface area (Å²) in [5, 5.41) is 0. The monoisotopic (exact) mass is 366 g/mol. The third kappa shape index (κ3) is 5.15. The topological polar surface area (TPSA) is 105 Å². The van der Waals surface area contributed by atoms with Crippen molar-refractivity contribution in [2.45, 2.75) is 43.4 Å². The number of amides is 1. The summed E-state index contributed by atoms with van der Waals surface area (Å²) in [5.41, 5.74) is 5.23. The predicted octanol–water partition coefficient (Wildman–Crippen LogP) is 1.25. The van der Waals surface area contributed by atoms with Crippen LogP contribution in [-0.4, -0.2) is 38.9 Å². The van der Waals surface area contributed by atoms with Gasteiger partial charge in [0.15, 0.2) is 0 Å². The summed E-state index contributed by atoms with van der Waals surface area (Å²) in [4.78, 5) is 17.7. The Bertz CT molecular complexity index is 701. The fraction of sp³-hybridized carbons (Fsp3) is 0.647. The van der Waals surface area contributed by atoms with Crippen LogP contribution < -0.4 is 15.4 Å². The van der Waals surface area contributed by atoms with Crippen LogP contribution in [0.15, 0.2) is 23.2 Å². The Morgan fingerprint density at radius 2 is 2.08 bits per heavy atom. The molecule has 0 bridgehead atoms. The number of nitrogens with one attached hydrogen (secondary N) is 1. The zero-order valence-electron chi connectivity index (χ0n) is 14.4. The minimum atomic E-state index is -3.47. The second-order valence-corrected chi connectivity index (χ2v) is 8.87. The van der Waals surface area contributed by atoms with Gasteiger partial charge in [-0.2, -0.15) is 0 Å². The van der Waals surface area contributed by atoms with Crippen molar-refractivity contribution in [3.63, 3.8) is 0 Å². The fourth-order valence-electron chi connectivity index (χ4n) is 3.21. The van der Waals surface area contributed by atoms with Crippen LogP contribution in [0.25, 0.3) is 0 Å². The lowest BCUT2D eigenvalue weighted by Gasteiger charge is -2.33. The van der Waals surface area contributed by atoms with Gasteiger partial charge >= 0.3 is 0 Å². The molecule has 2 aliphatic rings. The minimum absolute atomic E-state index is 0.208. The molecular formula is C17H26N4O3S. The molecule has 1 saturated heterocycles. The lowest BCUT2D eigenvalue weighted by molar-refractivity contribution is -0.118. The van der Waals surface area contributed by atoms with Crippen LogP contribution in [0.5, 0.6) is 0 Å². The molecule has 1 atom stereocenters. The molecule has 3 rings (SSSR count). The second-order valence-electron chi connectivity index (χ2n) is 7.11. The van der Waals surface area contributed by atoms with E-state index in [2.05, 4.69) is 14.6 Å². The van der Waals surface area contributed by atoms with E-state index in [-0.39, 0.29) is 10.8 Å². The Labute approximate surface area is 149 Å². The Kier molecular flexibility index (Phi) is 5.58. The minimum Gasteiger partial charge on any atom is -0.370 e. The highest BCUT2D eigenvalue weighted by atomic mass is 32.2. The molecular weight excluding hydrogens is 340 g/mol. The molecule has 2 heterocycles. The molecule has 0 radical (unpaired) electrons. The molecule has 8 heteroatoms. The number of hydrogen-bond donors (Lipinski definition) is 2. The van der Waals surface area contributed by atoms with Crippen LogP contribution in [0.2, 0.25) is 0 Å². The van der Waals surface area contributed by atoms with Crippen molar-refractivity contribution in [3.05, 3.63) is 18.3 Å². The van der Waals surface area contributed by atoms with Crippen molar-refractivity contribution >= 4 is 21.7 Å². The summed E-state index contributed by atoms with van der Waals surface area (Å²) in [6.07, 6.45) is 6.96. The third-order valence-corrected chi connectivity index (χ3v) is 6.34. The summed E-state index contributed by atoms with van der Waals surface area (Å²) >= 11 is 0. The zero-order chi connectivity index (χ0) is 17.9. The van der Waals surface area contributed by atoms with E-state index in [1.807, 2.05) is 0 Å². The van der Waals surface area contributed by atoms with E-state index in [4.69, 9.17) is 5.73 Å². The molecule has 1 aliphatic heterocycles. The first-order chi connectivity index (χ1) is 11.9. The highest BCUT2D eigenvalue weighted by Crippen LogP contribution is 2.28. The quantitative estimate of drug-likeness (QED) is 0.720. The number of sulfonamides is 1. The SMILES string of the molecule is NC(=O)CCC1CCCN(c2ccc(S(=O)(=O)NCC3CC3)cn2)C1. The van der Waals surface area contributed by atoms with Gasteiger partial charge in [0.05, 0.1) is 0 Å². The Balaban J connectivity index is 1.60. The number of aromatic nitrogens is 1. The van der Waals surface area contributed by atoms with E-state index in [9.17, 15) is 13.2 Å². The van der Waals surface area contributed by atoms with Crippen molar-refractivity contribution in [1.82, 2.24) is 9.71 Å². The van der Waals surface area contributed by atoms with E-state index < -0.39 is 10.0 Å². The van der Waals surface area contributed by atoms with Crippen molar-refractivity contribution in [3.8, 4) is 0 Å². The predicted molar refractivity (Wildman–Crippen MR) is 95.5 cm³/mol. The van der Waals surface area contributed by atoms with Crippen LogP contribution in [0, 0.1) is 11.8 Å². The normalized spacial score (nSPS) is 21.3. The van der Waals surface area contributed by atoms with Gasteiger partial charge in [-0.3, -0.25) is 4.79 Å². The van der Waals surface area contributed by atoms with Crippen LogP contribution >= 0.6 is 0 Å². The third-order valence-electron chi connectivity index (χ3n) is 4.93. The first-order valence-corrected chi connectivity index (χ1v) is 10.4. The maximum Gasteiger partial charge on any atom is 0.242 e. The number of carbonyl (C=O) groups is 1. The first-order valence-electron chi connectivity index (χ1n) is 8.93.